The number of carbonyl (C=O) groups is 1. The van der Waals surface area contributed by atoms with Gasteiger partial charge in [-0.3, -0.25) is 4.79 Å². The molecule has 7 heteroatoms. The van der Waals surface area contributed by atoms with Gasteiger partial charge in [-0.2, -0.15) is 0 Å². The van der Waals surface area contributed by atoms with Gasteiger partial charge in [-0.1, -0.05) is 23.2 Å². The molecule has 3 rings (SSSR count). The molecule has 5 nitrogen and oxygen atoms in total. The molecule has 1 aromatic heterocycles. The molecule has 1 amide bonds. The first-order valence-corrected chi connectivity index (χ1v) is 8.70. The smallest absolute Gasteiger partial charge is 0.257 e. The average Bonchev–Trinajstić information content (AvgIpc) is 2.63. The van der Waals surface area contributed by atoms with Crippen molar-refractivity contribution in [2.75, 3.05) is 26.3 Å². The Morgan fingerprint density at radius 3 is 3.00 bits per heavy atom. The normalized spacial score (nSPS) is 17.4. The van der Waals surface area contributed by atoms with E-state index in [4.69, 9.17) is 32.7 Å². The summed E-state index contributed by atoms with van der Waals surface area (Å²) in [4.78, 5) is 18.3. The topological polar surface area (TPSA) is 51.7 Å². The van der Waals surface area contributed by atoms with Crippen LogP contribution in [0.15, 0.2) is 36.5 Å². The lowest BCUT2D eigenvalue weighted by molar-refractivity contribution is -0.0401. The van der Waals surface area contributed by atoms with E-state index in [1.807, 2.05) is 19.1 Å². The highest BCUT2D eigenvalue weighted by Gasteiger charge is 2.26. The second kappa shape index (κ2) is 8.04. The van der Waals surface area contributed by atoms with Crippen molar-refractivity contribution in [2.24, 2.45) is 0 Å². The summed E-state index contributed by atoms with van der Waals surface area (Å²) in [7, 11) is 0. The van der Waals surface area contributed by atoms with Gasteiger partial charge in [0.2, 0.25) is 0 Å². The Bertz CT molecular complexity index is 770. The van der Waals surface area contributed by atoms with Gasteiger partial charge in [0.1, 0.15) is 23.6 Å². The molecule has 2 aromatic rings. The van der Waals surface area contributed by atoms with Gasteiger partial charge in [0.25, 0.3) is 5.91 Å². The van der Waals surface area contributed by atoms with Crippen LogP contribution in [-0.2, 0) is 4.74 Å². The van der Waals surface area contributed by atoms with Crippen molar-refractivity contribution in [3.8, 4) is 5.75 Å². The first kappa shape index (κ1) is 18.0. The molecule has 1 unspecified atom stereocenters. The van der Waals surface area contributed by atoms with Crippen LogP contribution < -0.4 is 4.74 Å². The average molecular weight is 381 g/mol. The Hall–Kier alpha value is -1.82. The zero-order chi connectivity index (χ0) is 17.8. The number of amides is 1. The van der Waals surface area contributed by atoms with E-state index >= 15 is 0 Å². The van der Waals surface area contributed by atoms with Crippen LogP contribution in [0.4, 0.5) is 0 Å². The maximum atomic E-state index is 12.6. The van der Waals surface area contributed by atoms with Gasteiger partial charge in [-0.15, -0.1) is 0 Å². The Morgan fingerprint density at radius 1 is 1.40 bits per heavy atom. The van der Waals surface area contributed by atoms with Gasteiger partial charge in [0.15, 0.2) is 0 Å². The summed E-state index contributed by atoms with van der Waals surface area (Å²) in [5, 5.41) is 0.912. The summed E-state index contributed by atoms with van der Waals surface area (Å²) in [6, 6.07) is 8.87. The molecule has 1 aliphatic rings. The van der Waals surface area contributed by atoms with Crippen LogP contribution in [0, 0.1) is 6.92 Å². The summed E-state index contributed by atoms with van der Waals surface area (Å²) in [6.45, 7) is 3.69. The van der Waals surface area contributed by atoms with Gasteiger partial charge in [0, 0.05) is 17.8 Å². The second-order valence-electron chi connectivity index (χ2n) is 5.81. The molecular formula is C18H18Cl2N2O3. The Labute approximate surface area is 156 Å². The Kier molecular flexibility index (Phi) is 5.78. The molecule has 0 saturated carbocycles. The molecule has 0 bridgehead atoms. The third-order valence-corrected chi connectivity index (χ3v) is 4.71. The highest BCUT2D eigenvalue weighted by atomic mass is 35.5. The number of halogens is 2. The summed E-state index contributed by atoms with van der Waals surface area (Å²) in [5.41, 5.74) is 1.35. The fraction of sp³-hybridized carbons (Fsp3) is 0.333. The number of hydrogen-bond acceptors (Lipinski definition) is 4. The quantitative estimate of drug-likeness (QED) is 0.760. The maximum absolute atomic E-state index is 12.6. The Morgan fingerprint density at radius 2 is 2.24 bits per heavy atom. The van der Waals surface area contributed by atoms with Crippen molar-refractivity contribution < 1.29 is 14.3 Å². The first-order valence-electron chi connectivity index (χ1n) is 7.95. The number of benzene rings is 1. The number of ether oxygens (including phenoxy) is 2. The summed E-state index contributed by atoms with van der Waals surface area (Å²) in [5.74, 6) is 0.581. The van der Waals surface area contributed by atoms with Crippen LogP contribution in [0.3, 0.4) is 0 Å². The van der Waals surface area contributed by atoms with E-state index in [1.165, 1.54) is 0 Å². The van der Waals surface area contributed by atoms with Crippen LogP contribution in [-0.4, -0.2) is 48.2 Å². The third-order valence-electron chi connectivity index (χ3n) is 3.98. The van der Waals surface area contributed by atoms with Gasteiger partial charge in [-0.05, 0) is 42.8 Å². The molecule has 25 heavy (non-hydrogen) atoms. The number of pyridine rings is 1. The van der Waals surface area contributed by atoms with Gasteiger partial charge in [0.05, 0.1) is 18.7 Å². The molecule has 0 spiro atoms. The van der Waals surface area contributed by atoms with Crippen molar-refractivity contribution >= 4 is 29.1 Å². The van der Waals surface area contributed by atoms with Gasteiger partial charge >= 0.3 is 0 Å². The van der Waals surface area contributed by atoms with Gasteiger partial charge < -0.3 is 14.4 Å². The van der Waals surface area contributed by atoms with Crippen molar-refractivity contribution in [1.29, 1.82) is 0 Å². The largest absolute Gasteiger partial charge is 0.491 e. The molecular weight excluding hydrogens is 363 g/mol. The lowest BCUT2D eigenvalue weighted by atomic mass is 10.2. The van der Waals surface area contributed by atoms with Crippen molar-refractivity contribution in [1.82, 2.24) is 9.88 Å². The Balaban J connectivity index is 1.60. The minimum absolute atomic E-state index is 0.145. The summed E-state index contributed by atoms with van der Waals surface area (Å²) < 4.78 is 11.5. The fourth-order valence-electron chi connectivity index (χ4n) is 2.62. The number of nitrogens with zero attached hydrogens (tertiary/aromatic N) is 2. The maximum Gasteiger partial charge on any atom is 0.257 e. The number of rotatable bonds is 4. The van der Waals surface area contributed by atoms with Crippen LogP contribution in [0.5, 0.6) is 5.75 Å². The van der Waals surface area contributed by atoms with Gasteiger partial charge in [-0.25, -0.2) is 4.98 Å². The van der Waals surface area contributed by atoms with E-state index in [2.05, 4.69) is 4.98 Å². The highest BCUT2D eigenvalue weighted by Crippen LogP contribution is 2.22. The monoisotopic (exact) mass is 380 g/mol. The molecule has 0 radical (unpaired) electrons. The van der Waals surface area contributed by atoms with E-state index in [0.29, 0.717) is 36.9 Å². The van der Waals surface area contributed by atoms with Crippen LogP contribution >= 0.6 is 23.2 Å². The predicted molar refractivity (Wildman–Crippen MR) is 96.6 cm³/mol. The van der Waals surface area contributed by atoms with Crippen molar-refractivity contribution in [3.05, 3.63) is 57.8 Å². The molecule has 1 aromatic carbocycles. The van der Waals surface area contributed by atoms with Crippen LogP contribution in [0.2, 0.25) is 10.2 Å². The van der Waals surface area contributed by atoms with Crippen LogP contribution in [0.1, 0.15) is 15.9 Å². The molecule has 1 saturated heterocycles. The predicted octanol–water partition coefficient (Wildman–Crippen LogP) is 3.62. The SMILES string of the molecule is Cc1cc(OCC2CN(C(=O)c3cccnc3Cl)CCO2)ccc1Cl. The number of morpholine rings is 1. The first-order chi connectivity index (χ1) is 12.0. The minimum Gasteiger partial charge on any atom is -0.491 e. The van der Waals surface area contributed by atoms with E-state index in [-0.39, 0.29) is 17.2 Å². The number of aromatic nitrogens is 1. The van der Waals surface area contributed by atoms with E-state index < -0.39 is 0 Å². The highest BCUT2D eigenvalue weighted by molar-refractivity contribution is 6.32. The van der Waals surface area contributed by atoms with Crippen LogP contribution in [0.25, 0.3) is 0 Å². The molecule has 2 heterocycles. The molecule has 1 aliphatic heterocycles. The fourth-order valence-corrected chi connectivity index (χ4v) is 2.93. The standard InChI is InChI=1S/C18H18Cl2N2O3/c1-12-9-13(4-5-16(12)19)25-11-14-10-22(7-8-24-14)18(23)15-3-2-6-21-17(15)20/h2-6,9,14H,7-8,10-11H2,1H3. The lowest BCUT2D eigenvalue weighted by Gasteiger charge is -2.33. The molecule has 1 fully saturated rings. The summed E-state index contributed by atoms with van der Waals surface area (Å²) >= 11 is 12.0. The summed E-state index contributed by atoms with van der Waals surface area (Å²) in [6.07, 6.45) is 1.35. The second-order valence-corrected chi connectivity index (χ2v) is 6.57. The zero-order valence-corrected chi connectivity index (χ0v) is 15.3. The third kappa shape index (κ3) is 4.42. The van der Waals surface area contributed by atoms with Crippen molar-refractivity contribution in [3.63, 3.8) is 0 Å². The minimum atomic E-state index is -0.205. The number of carbonyl (C=O) groups excluding carboxylic acids is 1. The molecule has 0 aliphatic carbocycles. The molecule has 132 valence electrons. The van der Waals surface area contributed by atoms with E-state index in [9.17, 15) is 4.79 Å². The number of hydrogen-bond donors (Lipinski definition) is 0. The molecule has 0 N–H and O–H groups in total. The number of aryl methyl sites for hydroxylation is 1. The zero-order valence-electron chi connectivity index (χ0n) is 13.7. The van der Waals surface area contributed by atoms with Crippen molar-refractivity contribution in [2.45, 2.75) is 13.0 Å². The van der Waals surface area contributed by atoms with E-state index in [0.717, 1.165) is 11.3 Å². The lowest BCUT2D eigenvalue weighted by Crippen LogP contribution is -2.47. The van der Waals surface area contributed by atoms with E-state index in [1.54, 1.807) is 29.3 Å². The molecule has 1 atom stereocenters.